The Bertz CT molecular complexity index is 609. The first-order chi connectivity index (χ1) is 13.8. The summed E-state index contributed by atoms with van der Waals surface area (Å²) in [6, 6.07) is 0. The fourth-order valence-corrected chi connectivity index (χ4v) is 4.04. The number of ether oxygens (including phenoxy) is 6. The van der Waals surface area contributed by atoms with Crippen molar-refractivity contribution >= 4 is 5.97 Å². The quantitative estimate of drug-likeness (QED) is 0.374. The molecule has 3 rings (SSSR count). The van der Waals surface area contributed by atoms with E-state index in [0.29, 0.717) is 12.0 Å². The Labute approximate surface area is 167 Å². The molecule has 3 aliphatic heterocycles. The third-order valence-electron chi connectivity index (χ3n) is 5.66. The second kappa shape index (κ2) is 9.23. The van der Waals surface area contributed by atoms with E-state index in [1.165, 1.54) is 20.5 Å². The number of carbonyl (C=O) groups excluding carboxylic acids is 1. The molecule has 0 aromatic heterocycles. The zero-order valence-electron chi connectivity index (χ0n) is 16.4. The molecule has 0 amide bonds. The Hall–Kier alpha value is -1.31. The zero-order valence-corrected chi connectivity index (χ0v) is 16.4. The molecule has 0 aromatic carbocycles. The number of esters is 1. The summed E-state index contributed by atoms with van der Waals surface area (Å²) in [6.45, 7) is 1.19. The fourth-order valence-electron chi connectivity index (χ4n) is 4.04. The van der Waals surface area contributed by atoms with E-state index in [1.54, 1.807) is 6.92 Å². The molecular formula is C18H28O11. The number of methoxy groups -OCH3 is 2. The Kier molecular flexibility index (Phi) is 7.12. The lowest BCUT2D eigenvalue weighted by Gasteiger charge is -2.47. The Morgan fingerprint density at radius 2 is 1.86 bits per heavy atom. The number of rotatable bonds is 5. The van der Waals surface area contributed by atoms with Gasteiger partial charge in [0.15, 0.2) is 12.6 Å². The van der Waals surface area contributed by atoms with Gasteiger partial charge in [-0.25, -0.2) is 4.79 Å². The van der Waals surface area contributed by atoms with Crippen LogP contribution in [-0.2, 0) is 33.2 Å². The zero-order chi connectivity index (χ0) is 21.3. The summed E-state index contributed by atoms with van der Waals surface area (Å²) in [5.74, 6) is -1.40. The molecule has 166 valence electrons. The van der Waals surface area contributed by atoms with Crippen molar-refractivity contribution in [2.24, 2.45) is 11.8 Å². The lowest BCUT2D eigenvalue weighted by Crippen LogP contribution is -2.61. The molecule has 3 heterocycles. The van der Waals surface area contributed by atoms with Gasteiger partial charge in [-0.15, -0.1) is 0 Å². The van der Waals surface area contributed by atoms with Gasteiger partial charge in [0.2, 0.25) is 6.29 Å². The monoisotopic (exact) mass is 420 g/mol. The van der Waals surface area contributed by atoms with Crippen LogP contribution in [-0.4, -0.2) is 96.6 Å². The highest BCUT2D eigenvalue weighted by atomic mass is 16.8. The lowest BCUT2D eigenvalue weighted by atomic mass is 9.77. The van der Waals surface area contributed by atoms with E-state index < -0.39 is 67.9 Å². The maximum atomic E-state index is 12.2. The molecule has 0 aromatic rings. The summed E-state index contributed by atoms with van der Waals surface area (Å²) in [7, 11) is 2.77. The average Bonchev–Trinajstić information content (AvgIpc) is 2.73. The fraction of sp³-hybridized carbons (Fsp3) is 0.833. The summed E-state index contributed by atoms with van der Waals surface area (Å²) >= 11 is 0. The van der Waals surface area contributed by atoms with Crippen molar-refractivity contribution in [2.75, 3.05) is 20.8 Å². The molecule has 29 heavy (non-hydrogen) atoms. The number of fused-ring (bicyclic) bond motifs is 1. The van der Waals surface area contributed by atoms with Gasteiger partial charge < -0.3 is 48.8 Å². The number of hydrogen-bond donors (Lipinski definition) is 4. The van der Waals surface area contributed by atoms with Gasteiger partial charge in [0, 0.05) is 19.4 Å². The Balaban J connectivity index is 1.82. The summed E-state index contributed by atoms with van der Waals surface area (Å²) in [6.07, 6.45) is -7.54. The first kappa shape index (κ1) is 22.4. The molecule has 0 spiro atoms. The summed E-state index contributed by atoms with van der Waals surface area (Å²) in [5.41, 5.74) is 0.309. The SMILES string of the molecule is COC(=O)C1=CO[C@@H](O[C@@H]2O[C@H](CO)[C@@H](O)[C@H](O)[C@H]2O)[C@H]2[C@@H]1C[C@@H](OC)O[C@@H]2C. The smallest absolute Gasteiger partial charge is 0.337 e. The maximum absolute atomic E-state index is 12.2. The predicted molar refractivity (Wildman–Crippen MR) is 92.8 cm³/mol. The Morgan fingerprint density at radius 1 is 1.14 bits per heavy atom. The van der Waals surface area contributed by atoms with E-state index in [9.17, 15) is 25.2 Å². The predicted octanol–water partition coefficient (Wildman–Crippen LogP) is -1.77. The summed E-state index contributed by atoms with van der Waals surface area (Å²) in [4.78, 5) is 12.2. The average molecular weight is 420 g/mol. The van der Waals surface area contributed by atoms with Crippen LogP contribution in [0.3, 0.4) is 0 Å². The largest absolute Gasteiger partial charge is 0.471 e. The minimum absolute atomic E-state index is 0.309. The Morgan fingerprint density at radius 3 is 2.48 bits per heavy atom. The number of aliphatic hydroxyl groups is 4. The van der Waals surface area contributed by atoms with Crippen molar-refractivity contribution in [3.05, 3.63) is 11.8 Å². The molecule has 11 nitrogen and oxygen atoms in total. The van der Waals surface area contributed by atoms with Gasteiger partial charge in [0.05, 0.1) is 37.6 Å². The van der Waals surface area contributed by atoms with Crippen molar-refractivity contribution in [2.45, 2.75) is 62.7 Å². The first-order valence-electron chi connectivity index (χ1n) is 9.40. The van der Waals surface area contributed by atoms with Crippen LogP contribution in [0.1, 0.15) is 13.3 Å². The van der Waals surface area contributed by atoms with Crippen molar-refractivity contribution < 1.29 is 53.6 Å². The van der Waals surface area contributed by atoms with Gasteiger partial charge in [-0.05, 0) is 6.92 Å². The van der Waals surface area contributed by atoms with E-state index in [4.69, 9.17) is 28.4 Å². The van der Waals surface area contributed by atoms with Gasteiger partial charge >= 0.3 is 5.97 Å². The molecule has 10 atom stereocenters. The van der Waals surface area contributed by atoms with Crippen LogP contribution in [0.4, 0.5) is 0 Å². The third-order valence-corrected chi connectivity index (χ3v) is 5.66. The standard InChI is InChI=1S/C18H28O11/c1-7-12-8(4-11(24-2)27-7)9(16(23)25-3)6-26-17(12)29-18-15(22)14(21)13(20)10(5-19)28-18/h6-8,10-15,17-22H,4-5H2,1-3H3/t7-,8-,10-,11+,12-,13-,14+,15-,17+,18+/m1/s1. The molecular weight excluding hydrogens is 392 g/mol. The lowest BCUT2D eigenvalue weighted by molar-refractivity contribution is -0.352. The van der Waals surface area contributed by atoms with Crippen molar-refractivity contribution in [3.8, 4) is 0 Å². The summed E-state index contributed by atoms with van der Waals surface area (Å²) in [5, 5.41) is 39.5. The van der Waals surface area contributed by atoms with Gasteiger partial charge in [-0.2, -0.15) is 0 Å². The van der Waals surface area contributed by atoms with E-state index in [2.05, 4.69) is 0 Å². The highest BCUT2D eigenvalue weighted by Crippen LogP contribution is 2.43. The van der Waals surface area contributed by atoms with Crippen LogP contribution in [0.15, 0.2) is 11.8 Å². The van der Waals surface area contributed by atoms with E-state index >= 15 is 0 Å². The second-order valence-electron chi connectivity index (χ2n) is 7.33. The van der Waals surface area contributed by atoms with Crippen molar-refractivity contribution in [3.63, 3.8) is 0 Å². The van der Waals surface area contributed by atoms with Gasteiger partial charge in [-0.1, -0.05) is 0 Å². The number of hydrogen-bond acceptors (Lipinski definition) is 11. The van der Waals surface area contributed by atoms with Crippen LogP contribution in [0.25, 0.3) is 0 Å². The van der Waals surface area contributed by atoms with Crippen LogP contribution in [0, 0.1) is 11.8 Å². The van der Waals surface area contributed by atoms with Gasteiger partial charge in [0.1, 0.15) is 24.4 Å². The minimum Gasteiger partial charge on any atom is -0.471 e. The van der Waals surface area contributed by atoms with E-state index in [0.717, 1.165) is 0 Å². The number of carbonyl (C=O) groups is 1. The molecule has 2 saturated heterocycles. The van der Waals surface area contributed by atoms with Crippen LogP contribution < -0.4 is 0 Å². The third kappa shape index (κ3) is 4.28. The molecule has 0 unspecified atom stereocenters. The molecule has 2 fully saturated rings. The van der Waals surface area contributed by atoms with Crippen LogP contribution >= 0.6 is 0 Å². The highest BCUT2D eigenvalue weighted by Gasteiger charge is 2.51. The second-order valence-corrected chi connectivity index (χ2v) is 7.33. The molecule has 0 aliphatic carbocycles. The van der Waals surface area contributed by atoms with Gasteiger partial charge in [0.25, 0.3) is 0 Å². The molecule has 0 saturated carbocycles. The highest BCUT2D eigenvalue weighted by molar-refractivity contribution is 5.88. The van der Waals surface area contributed by atoms with Crippen molar-refractivity contribution in [1.82, 2.24) is 0 Å². The molecule has 4 N–H and O–H groups in total. The van der Waals surface area contributed by atoms with E-state index in [-0.39, 0.29) is 5.92 Å². The minimum atomic E-state index is -1.58. The maximum Gasteiger partial charge on any atom is 0.337 e. The summed E-state index contributed by atoms with van der Waals surface area (Å²) < 4.78 is 32.7. The first-order valence-corrected chi connectivity index (χ1v) is 9.40. The molecule has 0 radical (unpaired) electrons. The van der Waals surface area contributed by atoms with Crippen LogP contribution in [0.2, 0.25) is 0 Å². The van der Waals surface area contributed by atoms with Crippen molar-refractivity contribution in [1.29, 1.82) is 0 Å². The van der Waals surface area contributed by atoms with Crippen LogP contribution in [0.5, 0.6) is 0 Å². The molecule has 11 heteroatoms. The normalized spacial score (nSPS) is 45.0. The topological polar surface area (TPSA) is 153 Å². The molecule has 3 aliphatic rings. The van der Waals surface area contributed by atoms with Gasteiger partial charge in [-0.3, -0.25) is 0 Å². The van der Waals surface area contributed by atoms with E-state index in [1.807, 2.05) is 0 Å². The number of aliphatic hydroxyl groups excluding tert-OH is 4. The molecule has 0 bridgehead atoms.